The van der Waals surface area contributed by atoms with Gasteiger partial charge in [-0.2, -0.15) is 5.10 Å². The summed E-state index contributed by atoms with van der Waals surface area (Å²) >= 11 is 14.4. The molecular weight excluding hydrogens is 534 g/mol. The molecule has 0 fully saturated rings. The summed E-state index contributed by atoms with van der Waals surface area (Å²) in [5.41, 5.74) is 3.35. The number of hydrogen-bond acceptors (Lipinski definition) is 6. The van der Waals surface area contributed by atoms with Crippen LogP contribution in [0.3, 0.4) is 0 Å². The van der Waals surface area contributed by atoms with Crippen molar-refractivity contribution in [1.29, 1.82) is 0 Å². The number of halogens is 3. The normalized spacial score (nSPS) is 10.7. The van der Waals surface area contributed by atoms with Crippen LogP contribution in [0.5, 0.6) is 11.5 Å². The summed E-state index contributed by atoms with van der Waals surface area (Å²) in [6.07, 6.45) is 1.38. The molecule has 0 aliphatic rings. The Morgan fingerprint density at radius 1 is 1.21 bits per heavy atom. The number of hydrazone groups is 1. The first-order valence-corrected chi connectivity index (χ1v) is 10.1. The topological polar surface area (TPSA) is 86.2 Å². The first-order chi connectivity index (χ1) is 13.8. The minimum Gasteiger partial charge on any atom is -0.496 e. The van der Waals surface area contributed by atoms with Crippen molar-refractivity contribution in [3.8, 4) is 11.5 Å². The molecule has 0 aromatic heterocycles. The molecule has 0 spiro atoms. The number of nitrogens with one attached hydrogen (secondary N) is 1. The van der Waals surface area contributed by atoms with E-state index in [4.69, 9.17) is 37.4 Å². The molecule has 0 saturated heterocycles. The van der Waals surface area contributed by atoms with Crippen molar-refractivity contribution in [2.45, 2.75) is 6.92 Å². The highest BCUT2D eigenvalue weighted by molar-refractivity contribution is 14.1. The molecule has 0 aliphatic heterocycles. The van der Waals surface area contributed by atoms with Crippen molar-refractivity contribution < 1.29 is 23.8 Å². The zero-order valence-corrected chi connectivity index (χ0v) is 19.2. The Bertz CT molecular complexity index is 914. The number of hydrogen-bond donors (Lipinski definition) is 1. The zero-order valence-electron chi connectivity index (χ0n) is 15.5. The fraction of sp³-hybridized carbons (Fsp3) is 0.211. The summed E-state index contributed by atoms with van der Waals surface area (Å²) < 4.78 is 16.2. The second-order valence-corrected chi connectivity index (χ2v) is 7.43. The van der Waals surface area contributed by atoms with E-state index in [-0.39, 0.29) is 29.0 Å². The van der Waals surface area contributed by atoms with Gasteiger partial charge in [0, 0.05) is 5.56 Å². The van der Waals surface area contributed by atoms with Crippen LogP contribution in [0, 0.1) is 3.57 Å². The van der Waals surface area contributed by atoms with Gasteiger partial charge in [0.1, 0.15) is 5.75 Å². The zero-order chi connectivity index (χ0) is 21.4. The average molecular weight is 551 g/mol. The van der Waals surface area contributed by atoms with E-state index in [9.17, 15) is 9.59 Å². The van der Waals surface area contributed by atoms with Crippen molar-refractivity contribution in [3.63, 3.8) is 0 Å². The van der Waals surface area contributed by atoms with Crippen LogP contribution in [0.4, 0.5) is 0 Å². The predicted octanol–water partition coefficient (Wildman–Crippen LogP) is 4.31. The van der Waals surface area contributed by atoms with Crippen molar-refractivity contribution in [1.82, 2.24) is 5.43 Å². The van der Waals surface area contributed by atoms with Crippen LogP contribution in [-0.2, 0) is 9.53 Å². The fourth-order valence-electron chi connectivity index (χ4n) is 2.16. The Kier molecular flexibility index (Phi) is 8.99. The van der Waals surface area contributed by atoms with Gasteiger partial charge in [-0.25, -0.2) is 10.2 Å². The number of amides is 1. The number of methoxy groups -OCH3 is 1. The first-order valence-electron chi connectivity index (χ1n) is 8.30. The van der Waals surface area contributed by atoms with E-state index in [1.54, 1.807) is 25.1 Å². The summed E-state index contributed by atoms with van der Waals surface area (Å²) in [4.78, 5) is 23.6. The van der Waals surface area contributed by atoms with Crippen LogP contribution >= 0.6 is 45.8 Å². The third-order valence-corrected chi connectivity index (χ3v) is 4.91. The molecular formula is C19H17Cl2IN2O5. The number of ether oxygens (including phenoxy) is 3. The quantitative estimate of drug-likeness (QED) is 0.229. The fourth-order valence-corrected chi connectivity index (χ4v) is 3.33. The Hall–Kier alpha value is -2.04. The lowest BCUT2D eigenvalue weighted by atomic mass is 10.2. The van der Waals surface area contributed by atoms with Gasteiger partial charge in [0.05, 0.1) is 33.5 Å². The molecule has 0 saturated carbocycles. The highest BCUT2D eigenvalue weighted by Gasteiger charge is 2.12. The summed E-state index contributed by atoms with van der Waals surface area (Å²) in [5, 5.41) is 4.29. The van der Waals surface area contributed by atoms with Crippen molar-refractivity contribution in [2.24, 2.45) is 5.10 Å². The van der Waals surface area contributed by atoms with Gasteiger partial charge < -0.3 is 14.2 Å². The second kappa shape index (κ2) is 11.2. The molecule has 2 aromatic carbocycles. The van der Waals surface area contributed by atoms with E-state index in [1.807, 2.05) is 0 Å². The molecule has 10 heteroatoms. The van der Waals surface area contributed by atoms with E-state index in [1.165, 1.54) is 25.5 Å². The van der Waals surface area contributed by atoms with Crippen LogP contribution in [0.1, 0.15) is 22.8 Å². The summed E-state index contributed by atoms with van der Waals surface area (Å²) in [6, 6.07) is 8.14. The van der Waals surface area contributed by atoms with Crippen LogP contribution in [0.2, 0.25) is 10.0 Å². The Balaban J connectivity index is 2.03. The molecule has 0 aliphatic carbocycles. The molecule has 1 N–H and O–H groups in total. The van der Waals surface area contributed by atoms with Crippen molar-refractivity contribution in [2.75, 3.05) is 20.3 Å². The average Bonchev–Trinajstić information content (AvgIpc) is 2.67. The maximum atomic E-state index is 12.2. The van der Waals surface area contributed by atoms with E-state index in [2.05, 4.69) is 33.1 Å². The molecule has 0 radical (unpaired) electrons. The van der Waals surface area contributed by atoms with Gasteiger partial charge in [-0.3, -0.25) is 4.79 Å². The van der Waals surface area contributed by atoms with Gasteiger partial charge in [0.15, 0.2) is 12.4 Å². The van der Waals surface area contributed by atoms with E-state index in [0.717, 1.165) is 3.57 Å². The molecule has 2 aromatic rings. The molecule has 0 bridgehead atoms. The maximum absolute atomic E-state index is 12.2. The van der Waals surface area contributed by atoms with Crippen molar-refractivity contribution >= 4 is 63.9 Å². The predicted molar refractivity (Wildman–Crippen MR) is 119 cm³/mol. The Morgan fingerprint density at radius 2 is 1.90 bits per heavy atom. The third kappa shape index (κ3) is 6.76. The number of nitrogens with zero attached hydrogens (tertiary/aromatic N) is 1. The van der Waals surface area contributed by atoms with Gasteiger partial charge in [-0.05, 0) is 65.4 Å². The Morgan fingerprint density at radius 3 is 2.52 bits per heavy atom. The minimum atomic E-state index is -0.528. The molecule has 0 unspecified atom stereocenters. The van der Waals surface area contributed by atoms with Gasteiger partial charge in [-0.1, -0.05) is 23.2 Å². The van der Waals surface area contributed by atoms with Gasteiger partial charge in [0.25, 0.3) is 5.91 Å². The number of rotatable bonds is 8. The maximum Gasteiger partial charge on any atom is 0.344 e. The van der Waals surface area contributed by atoms with Crippen molar-refractivity contribution in [3.05, 3.63) is 55.1 Å². The van der Waals surface area contributed by atoms with E-state index < -0.39 is 11.9 Å². The third-order valence-electron chi connectivity index (χ3n) is 3.45. The number of esters is 1. The Labute approximate surface area is 191 Å². The molecule has 154 valence electrons. The monoisotopic (exact) mass is 550 g/mol. The highest BCUT2D eigenvalue weighted by Crippen LogP contribution is 2.33. The number of benzene rings is 2. The van der Waals surface area contributed by atoms with Crippen LogP contribution < -0.4 is 14.9 Å². The van der Waals surface area contributed by atoms with Crippen LogP contribution in [0.25, 0.3) is 0 Å². The standard InChI is InChI=1S/C19H17Cl2IN2O5/c1-3-28-17(25)10-29-18-13(20)6-11(7-14(18)21)9-23-24-19(26)12-4-5-15(22)16(8-12)27-2/h4-9H,3,10H2,1-2H3,(H,24,26)/b23-9-. The first kappa shape index (κ1) is 23.2. The number of carbonyl (C=O) groups excluding carboxylic acids is 2. The highest BCUT2D eigenvalue weighted by atomic mass is 127. The lowest BCUT2D eigenvalue weighted by molar-refractivity contribution is -0.145. The molecule has 0 atom stereocenters. The smallest absolute Gasteiger partial charge is 0.344 e. The summed E-state index contributed by atoms with van der Waals surface area (Å²) in [6.45, 7) is 1.63. The molecule has 7 nitrogen and oxygen atoms in total. The van der Waals surface area contributed by atoms with Gasteiger partial charge in [-0.15, -0.1) is 0 Å². The largest absolute Gasteiger partial charge is 0.496 e. The lowest BCUT2D eigenvalue weighted by Gasteiger charge is -2.10. The molecule has 0 heterocycles. The molecule has 29 heavy (non-hydrogen) atoms. The van der Waals surface area contributed by atoms with Crippen LogP contribution in [-0.4, -0.2) is 38.4 Å². The van der Waals surface area contributed by atoms with Gasteiger partial charge >= 0.3 is 5.97 Å². The van der Waals surface area contributed by atoms with E-state index in [0.29, 0.717) is 16.9 Å². The molecule has 1 amide bonds. The molecule has 2 rings (SSSR count). The minimum absolute atomic E-state index is 0.161. The summed E-state index contributed by atoms with van der Waals surface area (Å²) in [5.74, 6) is -0.171. The van der Waals surface area contributed by atoms with E-state index >= 15 is 0 Å². The summed E-state index contributed by atoms with van der Waals surface area (Å²) in [7, 11) is 1.53. The SMILES string of the molecule is CCOC(=O)COc1c(Cl)cc(/C=N\NC(=O)c2ccc(I)c(OC)c2)cc1Cl. The van der Waals surface area contributed by atoms with Crippen LogP contribution in [0.15, 0.2) is 35.4 Å². The van der Waals surface area contributed by atoms with Gasteiger partial charge in [0.2, 0.25) is 0 Å². The number of carbonyl (C=O) groups is 2. The second-order valence-electron chi connectivity index (χ2n) is 5.46. The lowest BCUT2D eigenvalue weighted by Crippen LogP contribution is -2.17.